The largest absolute Gasteiger partial charge is 0.480 e. The Morgan fingerprint density at radius 3 is 2.71 bits per heavy atom. The standard InChI is InChI=1S/C12H22N2O3/c1-3-4-5-10(12(16)17)13-11(15)9-6-7-14(2)8-9/h9-10H,3-8H2,1-2H3,(H,13,15)(H,16,17)/t9?,10-/m0/s1. The Morgan fingerprint density at radius 1 is 1.53 bits per heavy atom. The Bertz CT molecular complexity index is 281. The van der Waals surface area contributed by atoms with Crippen LogP contribution in [0.15, 0.2) is 0 Å². The second-order valence-corrected chi connectivity index (χ2v) is 4.79. The van der Waals surface area contributed by atoms with Gasteiger partial charge in [0.15, 0.2) is 0 Å². The topological polar surface area (TPSA) is 69.6 Å². The highest BCUT2D eigenvalue weighted by Crippen LogP contribution is 2.15. The van der Waals surface area contributed by atoms with E-state index in [1.165, 1.54) is 0 Å². The van der Waals surface area contributed by atoms with Crippen LogP contribution in [0.3, 0.4) is 0 Å². The average molecular weight is 242 g/mol. The van der Waals surface area contributed by atoms with Crippen LogP contribution >= 0.6 is 0 Å². The van der Waals surface area contributed by atoms with Crippen LogP contribution in [-0.4, -0.2) is 48.1 Å². The van der Waals surface area contributed by atoms with Crippen molar-refractivity contribution < 1.29 is 14.7 Å². The fourth-order valence-corrected chi connectivity index (χ4v) is 2.10. The third-order valence-electron chi connectivity index (χ3n) is 3.22. The van der Waals surface area contributed by atoms with Crippen LogP contribution in [0.5, 0.6) is 0 Å². The zero-order valence-electron chi connectivity index (χ0n) is 10.6. The number of carbonyl (C=O) groups is 2. The van der Waals surface area contributed by atoms with Gasteiger partial charge in [0.2, 0.25) is 5.91 Å². The first-order valence-electron chi connectivity index (χ1n) is 6.26. The smallest absolute Gasteiger partial charge is 0.326 e. The van der Waals surface area contributed by atoms with Gasteiger partial charge in [-0.1, -0.05) is 19.8 Å². The van der Waals surface area contributed by atoms with E-state index in [0.29, 0.717) is 6.42 Å². The predicted molar refractivity (Wildman–Crippen MR) is 64.7 cm³/mol. The average Bonchev–Trinajstić information content (AvgIpc) is 2.70. The normalized spacial score (nSPS) is 22.4. The van der Waals surface area contributed by atoms with E-state index in [1.807, 2.05) is 14.0 Å². The molecule has 1 unspecified atom stereocenters. The van der Waals surface area contributed by atoms with Crippen LogP contribution < -0.4 is 5.32 Å². The van der Waals surface area contributed by atoms with Crippen molar-refractivity contribution in [1.29, 1.82) is 0 Å². The molecule has 1 saturated heterocycles. The first-order valence-corrected chi connectivity index (χ1v) is 6.26. The van der Waals surface area contributed by atoms with Crippen molar-refractivity contribution in [2.24, 2.45) is 5.92 Å². The number of unbranched alkanes of at least 4 members (excludes halogenated alkanes) is 1. The molecule has 98 valence electrons. The van der Waals surface area contributed by atoms with Crippen LogP contribution in [0.2, 0.25) is 0 Å². The Hall–Kier alpha value is -1.10. The lowest BCUT2D eigenvalue weighted by molar-refractivity contribution is -0.142. The molecule has 2 atom stereocenters. The third kappa shape index (κ3) is 4.34. The van der Waals surface area contributed by atoms with E-state index in [4.69, 9.17) is 5.11 Å². The lowest BCUT2D eigenvalue weighted by Crippen LogP contribution is -2.44. The number of nitrogens with zero attached hydrogens (tertiary/aromatic N) is 1. The van der Waals surface area contributed by atoms with E-state index in [-0.39, 0.29) is 11.8 Å². The summed E-state index contributed by atoms with van der Waals surface area (Å²) in [6, 6.07) is -0.728. The van der Waals surface area contributed by atoms with Crippen molar-refractivity contribution in [3.05, 3.63) is 0 Å². The van der Waals surface area contributed by atoms with E-state index in [1.54, 1.807) is 0 Å². The molecule has 0 saturated carbocycles. The van der Waals surface area contributed by atoms with Gasteiger partial charge < -0.3 is 15.3 Å². The SMILES string of the molecule is CCCC[C@H](NC(=O)C1CCN(C)C1)C(=O)O. The summed E-state index contributed by atoms with van der Waals surface area (Å²) in [5, 5.41) is 11.7. The van der Waals surface area contributed by atoms with Gasteiger partial charge in [0.05, 0.1) is 5.92 Å². The molecule has 0 aliphatic carbocycles. The summed E-state index contributed by atoms with van der Waals surface area (Å²) in [6.45, 7) is 3.64. The number of nitrogens with one attached hydrogen (secondary N) is 1. The van der Waals surface area contributed by atoms with Crippen molar-refractivity contribution in [2.45, 2.75) is 38.6 Å². The molecule has 1 aliphatic rings. The second kappa shape index (κ2) is 6.59. The number of carboxylic acids is 1. The Kier molecular flexibility index (Phi) is 5.41. The molecule has 1 amide bonds. The number of hydrogen-bond acceptors (Lipinski definition) is 3. The summed E-state index contributed by atoms with van der Waals surface area (Å²) in [5.74, 6) is -1.10. The van der Waals surface area contributed by atoms with Gasteiger partial charge in [-0.15, -0.1) is 0 Å². The lowest BCUT2D eigenvalue weighted by atomic mass is 10.1. The number of hydrogen-bond donors (Lipinski definition) is 2. The van der Waals surface area contributed by atoms with Gasteiger partial charge in [-0.25, -0.2) is 4.79 Å². The summed E-state index contributed by atoms with van der Waals surface area (Å²) < 4.78 is 0. The molecule has 5 heteroatoms. The Labute approximate surface area is 102 Å². The van der Waals surface area contributed by atoms with Crippen LogP contribution in [0.4, 0.5) is 0 Å². The molecule has 0 aromatic rings. The summed E-state index contributed by atoms with van der Waals surface area (Å²) >= 11 is 0. The number of carbonyl (C=O) groups excluding carboxylic acids is 1. The molecule has 1 heterocycles. The molecule has 1 rings (SSSR count). The summed E-state index contributed by atoms with van der Waals surface area (Å²) in [5.41, 5.74) is 0. The van der Waals surface area contributed by atoms with E-state index in [0.717, 1.165) is 32.4 Å². The van der Waals surface area contributed by atoms with Gasteiger partial charge in [-0.05, 0) is 26.4 Å². The highest BCUT2D eigenvalue weighted by molar-refractivity contribution is 5.85. The number of carboxylic acid groups (broad SMARTS) is 1. The minimum Gasteiger partial charge on any atom is -0.480 e. The Morgan fingerprint density at radius 2 is 2.24 bits per heavy atom. The lowest BCUT2D eigenvalue weighted by Gasteiger charge is -2.17. The zero-order chi connectivity index (χ0) is 12.8. The highest BCUT2D eigenvalue weighted by Gasteiger charge is 2.29. The van der Waals surface area contributed by atoms with Gasteiger partial charge in [-0.3, -0.25) is 4.79 Å². The van der Waals surface area contributed by atoms with Crippen molar-refractivity contribution in [1.82, 2.24) is 10.2 Å². The molecule has 0 aromatic carbocycles. The maximum absolute atomic E-state index is 11.9. The van der Waals surface area contributed by atoms with Gasteiger partial charge in [0, 0.05) is 6.54 Å². The van der Waals surface area contributed by atoms with Crippen molar-refractivity contribution in [2.75, 3.05) is 20.1 Å². The van der Waals surface area contributed by atoms with Gasteiger partial charge in [0.25, 0.3) is 0 Å². The number of likely N-dealkylation sites (tertiary alicyclic amines) is 1. The molecule has 0 aromatic heterocycles. The molecule has 1 aliphatic heterocycles. The quantitative estimate of drug-likeness (QED) is 0.719. The minimum atomic E-state index is -0.932. The molecular formula is C12H22N2O3. The maximum atomic E-state index is 11.9. The van der Waals surface area contributed by atoms with Crippen LogP contribution in [0.1, 0.15) is 32.6 Å². The van der Waals surface area contributed by atoms with E-state index in [9.17, 15) is 9.59 Å². The maximum Gasteiger partial charge on any atom is 0.326 e. The monoisotopic (exact) mass is 242 g/mol. The van der Waals surface area contributed by atoms with Gasteiger partial charge >= 0.3 is 5.97 Å². The van der Waals surface area contributed by atoms with Crippen molar-refractivity contribution in [3.63, 3.8) is 0 Å². The summed E-state index contributed by atoms with van der Waals surface area (Å²) in [6.07, 6.45) is 3.09. The molecule has 17 heavy (non-hydrogen) atoms. The Balaban J connectivity index is 2.43. The van der Waals surface area contributed by atoms with E-state index < -0.39 is 12.0 Å². The summed E-state index contributed by atoms with van der Waals surface area (Å²) in [4.78, 5) is 25.0. The second-order valence-electron chi connectivity index (χ2n) is 4.79. The molecule has 0 radical (unpaired) electrons. The van der Waals surface area contributed by atoms with Crippen molar-refractivity contribution in [3.8, 4) is 0 Å². The summed E-state index contributed by atoms with van der Waals surface area (Å²) in [7, 11) is 1.97. The number of aliphatic carboxylic acids is 1. The highest BCUT2D eigenvalue weighted by atomic mass is 16.4. The van der Waals surface area contributed by atoms with Crippen LogP contribution in [0.25, 0.3) is 0 Å². The molecule has 2 N–H and O–H groups in total. The molecular weight excluding hydrogens is 220 g/mol. The first-order chi connectivity index (χ1) is 8.04. The number of amides is 1. The van der Waals surface area contributed by atoms with E-state index in [2.05, 4.69) is 10.2 Å². The van der Waals surface area contributed by atoms with Gasteiger partial charge in [-0.2, -0.15) is 0 Å². The van der Waals surface area contributed by atoms with Crippen LogP contribution in [-0.2, 0) is 9.59 Å². The number of rotatable bonds is 6. The zero-order valence-corrected chi connectivity index (χ0v) is 10.6. The molecule has 1 fully saturated rings. The predicted octanol–water partition coefficient (Wildman–Crippen LogP) is 0.698. The van der Waals surface area contributed by atoms with Crippen molar-refractivity contribution >= 4 is 11.9 Å². The van der Waals surface area contributed by atoms with Crippen LogP contribution in [0, 0.1) is 5.92 Å². The fraction of sp³-hybridized carbons (Fsp3) is 0.833. The van der Waals surface area contributed by atoms with Gasteiger partial charge in [0.1, 0.15) is 6.04 Å². The first kappa shape index (κ1) is 14.0. The fourth-order valence-electron chi connectivity index (χ4n) is 2.10. The molecule has 5 nitrogen and oxygen atoms in total. The molecule has 0 spiro atoms. The minimum absolute atomic E-state index is 0.0523. The van der Waals surface area contributed by atoms with E-state index >= 15 is 0 Å². The molecule has 0 bridgehead atoms. The third-order valence-corrected chi connectivity index (χ3v) is 3.22.